The minimum atomic E-state index is -1.24. The number of fused-ring (bicyclic) bond motifs is 1. The molecule has 0 saturated carbocycles. The Balaban J connectivity index is 1.33. The van der Waals surface area contributed by atoms with Gasteiger partial charge in [-0.2, -0.15) is 9.36 Å². The van der Waals surface area contributed by atoms with Crippen molar-refractivity contribution < 1.29 is 24.3 Å². The van der Waals surface area contributed by atoms with E-state index in [1.165, 1.54) is 33.1 Å². The first-order valence-electron chi connectivity index (χ1n) is 10.8. The Kier molecular flexibility index (Phi) is 7.25. The van der Waals surface area contributed by atoms with Crippen LogP contribution in [0.1, 0.15) is 5.82 Å². The summed E-state index contributed by atoms with van der Waals surface area (Å²) in [7, 11) is 1.67. The fraction of sp³-hybridized carbons (Fsp3) is 0.250. The van der Waals surface area contributed by atoms with Gasteiger partial charge in [0.25, 0.3) is 11.8 Å². The summed E-state index contributed by atoms with van der Waals surface area (Å²) in [6.07, 6.45) is 0. The molecule has 0 bridgehead atoms. The second-order valence-electron chi connectivity index (χ2n) is 7.79. The number of aliphatic carboxylic acids is 1. The maximum atomic E-state index is 13.2. The van der Waals surface area contributed by atoms with Crippen molar-refractivity contribution in [2.24, 2.45) is 12.2 Å². The summed E-state index contributed by atoms with van der Waals surface area (Å²) in [4.78, 5) is 48.9. The molecule has 2 aromatic heterocycles. The van der Waals surface area contributed by atoms with Crippen LogP contribution in [0.4, 0.5) is 5.13 Å². The Labute approximate surface area is 226 Å². The highest BCUT2D eigenvalue weighted by molar-refractivity contribution is 8.01. The van der Waals surface area contributed by atoms with Crippen LogP contribution in [-0.2, 0) is 21.4 Å². The number of aryl methyl sites for hydroxylation is 1. The van der Waals surface area contributed by atoms with E-state index in [2.05, 4.69) is 35.4 Å². The quantitative estimate of drug-likeness (QED) is 0.133. The molecule has 2 aliphatic rings. The maximum absolute atomic E-state index is 13.2. The molecule has 0 spiro atoms. The molecule has 3 aromatic rings. The lowest BCUT2D eigenvalue weighted by Gasteiger charge is -2.49. The van der Waals surface area contributed by atoms with E-state index < -0.39 is 29.2 Å². The zero-order valence-electron chi connectivity index (χ0n) is 19.4. The third-order valence-electron chi connectivity index (χ3n) is 5.35. The van der Waals surface area contributed by atoms with Crippen LogP contribution in [0.2, 0.25) is 0 Å². The van der Waals surface area contributed by atoms with E-state index in [1.54, 1.807) is 37.4 Å². The first-order chi connectivity index (χ1) is 18.3. The number of nitrogens with one attached hydrogen (secondary N) is 1. The van der Waals surface area contributed by atoms with Crippen LogP contribution >= 0.6 is 35.1 Å². The number of oxime groups is 1. The van der Waals surface area contributed by atoms with E-state index in [0.717, 1.165) is 11.5 Å². The highest BCUT2D eigenvalue weighted by Crippen LogP contribution is 2.41. The molecule has 38 heavy (non-hydrogen) atoms. The SMILES string of the molecule is Cn1nnnc1SCC1=C(C(=O)O)N2C(=O)C(NC(=O)C(=NOc3ccccc3)c3nsc(N)n3)[C@H]2SC1. The molecular formula is C20H18N10O5S3. The van der Waals surface area contributed by atoms with Crippen LogP contribution in [0.15, 0.2) is 51.9 Å². The monoisotopic (exact) mass is 574 g/mol. The second-order valence-corrected chi connectivity index (χ2v) is 10.6. The maximum Gasteiger partial charge on any atom is 0.352 e. The lowest BCUT2D eigenvalue weighted by atomic mass is 10.0. The minimum absolute atomic E-state index is 0.0652. The van der Waals surface area contributed by atoms with Gasteiger partial charge in [-0.3, -0.25) is 14.5 Å². The Bertz CT molecular complexity index is 1460. The fourth-order valence-electron chi connectivity index (χ4n) is 3.59. The molecule has 1 fully saturated rings. The smallest absolute Gasteiger partial charge is 0.352 e. The molecule has 15 nitrogen and oxygen atoms in total. The number of carbonyl (C=O) groups is 3. The summed E-state index contributed by atoms with van der Waals surface area (Å²) in [5, 5.41) is 27.6. The standard InChI is InChI=1S/C20H18N10O5S3/c1-29-20(24-27-28-29)37-8-9-7-36-17-12(16(32)30(17)13(9)18(33)34)22-15(31)11(14-23-19(21)38-26-14)25-35-10-5-3-2-4-6-10/h2-6,12,17H,7-8H2,1H3,(H,22,31)(H,33,34)(H2,21,23,26)/t12?,17-/m1/s1. The summed E-state index contributed by atoms with van der Waals surface area (Å²) < 4.78 is 5.49. The normalized spacial score (nSPS) is 19.1. The number of para-hydroxylation sites is 1. The summed E-state index contributed by atoms with van der Waals surface area (Å²) in [5.74, 6) is -1.65. The number of carbonyl (C=O) groups excluding carboxylic acids is 2. The number of carboxylic acid groups (broad SMARTS) is 1. The van der Waals surface area contributed by atoms with Gasteiger partial charge in [-0.25, -0.2) is 9.48 Å². The van der Waals surface area contributed by atoms with Gasteiger partial charge in [0, 0.05) is 30.1 Å². The molecule has 2 atom stereocenters. The summed E-state index contributed by atoms with van der Waals surface area (Å²) >= 11 is 3.47. The fourth-order valence-corrected chi connectivity index (χ4v) is 6.36. The summed E-state index contributed by atoms with van der Waals surface area (Å²) in [5.41, 5.74) is 5.83. The van der Waals surface area contributed by atoms with Gasteiger partial charge in [0.2, 0.25) is 16.7 Å². The number of nitrogens with two attached hydrogens (primary N) is 1. The molecule has 1 aromatic carbocycles. The predicted octanol–water partition coefficient (Wildman–Crippen LogP) is -0.0422. The van der Waals surface area contributed by atoms with Crippen molar-refractivity contribution >= 4 is 63.7 Å². The van der Waals surface area contributed by atoms with Gasteiger partial charge in [0.15, 0.2) is 10.9 Å². The molecule has 2 amide bonds. The lowest BCUT2D eigenvalue weighted by molar-refractivity contribution is -0.150. The van der Waals surface area contributed by atoms with E-state index in [0.29, 0.717) is 22.2 Å². The number of nitrogens with zero attached hydrogens (tertiary/aromatic N) is 8. The number of benzene rings is 1. The number of thioether (sulfide) groups is 2. The molecule has 18 heteroatoms. The average Bonchev–Trinajstić information content (AvgIpc) is 3.53. The molecule has 5 rings (SSSR count). The number of anilines is 1. The van der Waals surface area contributed by atoms with Crippen LogP contribution in [0.25, 0.3) is 0 Å². The van der Waals surface area contributed by atoms with Gasteiger partial charge >= 0.3 is 5.97 Å². The molecule has 1 saturated heterocycles. The molecule has 2 aliphatic heterocycles. The Morgan fingerprint density at radius 3 is 2.79 bits per heavy atom. The van der Waals surface area contributed by atoms with Gasteiger partial charge in [0.1, 0.15) is 17.1 Å². The van der Waals surface area contributed by atoms with Gasteiger partial charge in [0.05, 0.1) is 0 Å². The Hall–Kier alpha value is -4.03. The molecule has 1 unspecified atom stereocenters. The summed E-state index contributed by atoms with van der Waals surface area (Å²) in [6, 6.07) is 7.55. The van der Waals surface area contributed by atoms with Gasteiger partial charge in [-0.1, -0.05) is 35.1 Å². The third-order valence-corrected chi connectivity index (χ3v) is 8.33. The van der Waals surface area contributed by atoms with Crippen LogP contribution in [0, 0.1) is 0 Å². The van der Waals surface area contributed by atoms with E-state index in [1.807, 2.05) is 0 Å². The molecule has 0 radical (unpaired) electrons. The highest BCUT2D eigenvalue weighted by atomic mass is 32.2. The van der Waals surface area contributed by atoms with E-state index >= 15 is 0 Å². The first kappa shape index (κ1) is 25.6. The average molecular weight is 575 g/mol. The Morgan fingerprint density at radius 2 is 2.13 bits per heavy atom. The highest BCUT2D eigenvalue weighted by Gasteiger charge is 2.54. The van der Waals surface area contributed by atoms with Crippen LogP contribution in [0.3, 0.4) is 0 Å². The van der Waals surface area contributed by atoms with Crippen LogP contribution in [-0.4, -0.2) is 86.0 Å². The molecule has 4 heterocycles. The summed E-state index contributed by atoms with van der Waals surface area (Å²) in [6.45, 7) is 0. The van der Waals surface area contributed by atoms with Crippen molar-refractivity contribution in [1.82, 2.24) is 39.8 Å². The second kappa shape index (κ2) is 10.8. The number of hydrogen-bond acceptors (Lipinski definition) is 14. The number of nitrogen functional groups attached to an aromatic ring is 1. The molecule has 4 N–H and O–H groups in total. The van der Waals surface area contributed by atoms with Crippen molar-refractivity contribution in [3.05, 3.63) is 47.4 Å². The largest absolute Gasteiger partial charge is 0.477 e. The lowest BCUT2D eigenvalue weighted by Crippen LogP contribution is -2.71. The predicted molar refractivity (Wildman–Crippen MR) is 137 cm³/mol. The molecular weight excluding hydrogens is 556 g/mol. The third kappa shape index (κ3) is 5.04. The van der Waals surface area contributed by atoms with Crippen LogP contribution < -0.4 is 15.9 Å². The van der Waals surface area contributed by atoms with Gasteiger partial charge in [-0.05, 0) is 28.1 Å². The van der Waals surface area contributed by atoms with Crippen LogP contribution in [0.5, 0.6) is 5.75 Å². The Morgan fingerprint density at radius 1 is 1.34 bits per heavy atom. The van der Waals surface area contributed by atoms with Crippen molar-refractivity contribution in [2.75, 3.05) is 17.2 Å². The van der Waals surface area contributed by atoms with Crippen molar-refractivity contribution in [3.8, 4) is 5.75 Å². The van der Waals surface area contributed by atoms with Crippen molar-refractivity contribution in [3.63, 3.8) is 0 Å². The number of aromatic nitrogens is 6. The minimum Gasteiger partial charge on any atom is -0.477 e. The number of tetrazole rings is 1. The number of β-lactam (4-membered cyclic amide) rings is 1. The number of rotatable bonds is 9. The van der Waals surface area contributed by atoms with E-state index in [-0.39, 0.29) is 28.1 Å². The van der Waals surface area contributed by atoms with E-state index in [4.69, 9.17) is 10.6 Å². The first-order valence-corrected chi connectivity index (χ1v) is 13.6. The number of carboxylic acids is 1. The van der Waals surface area contributed by atoms with Gasteiger partial charge in [-0.15, -0.1) is 16.9 Å². The number of hydrogen-bond donors (Lipinski definition) is 3. The van der Waals surface area contributed by atoms with Crippen molar-refractivity contribution in [2.45, 2.75) is 16.6 Å². The van der Waals surface area contributed by atoms with E-state index in [9.17, 15) is 19.5 Å². The molecule has 0 aliphatic carbocycles. The number of amides is 2. The topological polar surface area (TPSA) is 204 Å². The van der Waals surface area contributed by atoms with Gasteiger partial charge < -0.3 is 21.0 Å². The molecule has 196 valence electrons. The zero-order chi connectivity index (χ0) is 26.8. The van der Waals surface area contributed by atoms with Crippen molar-refractivity contribution in [1.29, 1.82) is 0 Å². The zero-order valence-corrected chi connectivity index (χ0v) is 21.9.